The van der Waals surface area contributed by atoms with Gasteiger partial charge < -0.3 is 5.32 Å². The Hall–Kier alpha value is -0.820. The maximum atomic E-state index is 3.44. The molecule has 88 valence electrons. The van der Waals surface area contributed by atoms with E-state index >= 15 is 0 Å². The highest BCUT2D eigenvalue weighted by molar-refractivity contribution is 5.25. The van der Waals surface area contributed by atoms with E-state index in [1.54, 1.807) is 0 Å². The van der Waals surface area contributed by atoms with E-state index in [0.29, 0.717) is 5.92 Å². The van der Waals surface area contributed by atoms with Gasteiger partial charge in [-0.2, -0.15) is 0 Å². The van der Waals surface area contributed by atoms with Gasteiger partial charge in [0.2, 0.25) is 0 Å². The molecule has 1 aliphatic heterocycles. The van der Waals surface area contributed by atoms with E-state index in [4.69, 9.17) is 0 Å². The van der Waals surface area contributed by atoms with Crippen LogP contribution in [0.3, 0.4) is 0 Å². The Morgan fingerprint density at radius 2 is 2.06 bits per heavy atom. The third kappa shape index (κ3) is 3.08. The van der Waals surface area contributed by atoms with Crippen molar-refractivity contribution >= 4 is 0 Å². The molecule has 1 unspecified atom stereocenters. The molecule has 0 saturated carbocycles. The minimum Gasteiger partial charge on any atom is -0.317 e. The fourth-order valence-corrected chi connectivity index (χ4v) is 2.73. The summed E-state index contributed by atoms with van der Waals surface area (Å²) in [7, 11) is 0. The molecule has 1 saturated heterocycles. The summed E-state index contributed by atoms with van der Waals surface area (Å²) in [6, 6.07) is 8.98. The van der Waals surface area contributed by atoms with E-state index in [1.165, 1.54) is 43.5 Å². The van der Waals surface area contributed by atoms with Gasteiger partial charge in [0.1, 0.15) is 0 Å². The van der Waals surface area contributed by atoms with Crippen molar-refractivity contribution in [1.82, 2.24) is 5.32 Å². The van der Waals surface area contributed by atoms with Crippen molar-refractivity contribution in [2.24, 2.45) is 5.92 Å². The Bertz CT molecular complexity index is 326. The van der Waals surface area contributed by atoms with E-state index < -0.39 is 0 Å². The van der Waals surface area contributed by atoms with Crippen molar-refractivity contribution < 1.29 is 0 Å². The Kier molecular flexibility index (Phi) is 4.00. The Balaban J connectivity index is 1.94. The molecule has 1 heterocycles. The second-order valence-electron chi connectivity index (χ2n) is 5.24. The van der Waals surface area contributed by atoms with Gasteiger partial charge in [-0.15, -0.1) is 0 Å². The normalized spacial score (nSPS) is 19.6. The van der Waals surface area contributed by atoms with Crippen molar-refractivity contribution in [3.63, 3.8) is 0 Å². The van der Waals surface area contributed by atoms with Crippen LogP contribution in [0.25, 0.3) is 0 Å². The van der Waals surface area contributed by atoms with Gasteiger partial charge in [0.15, 0.2) is 0 Å². The summed E-state index contributed by atoms with van der Waals surface area (Å²) in [4.78, 5) is 0. The van der Waals surface area contributed by atoms with Crippen LogP contribution in [0.4, 0.5) is 0 Å². The Morgan fingerprint density at radius 3 is 2.75 bits per heavy atom. The molecule has 1 aliphatic rings. The van der Waals surface area contributed by atoms with E-state index in [-0.39, 0.29) is 0 Å². The second kappa shape index (κ2) is 5.49. The molecule has 1 atom stereocenters. The third-order valence-corrected chi connectivity index (χ3v) is 3.76. The highest BCUT2D eigenvalue weighted by atomic mass is 14.9. The number of hydrogen-bond donors (Lipinski definition) is 1. The van der Waals surface area contributed by atoms with E-state index in [9.17, 15) is 0 Å². The molecule has 1 nitrogen and oxygen atoms in total. The first-order valence-corrected chi connectivity index (χ1v) is 6.53. The fraction of sp³-hybridized carbons (Fsp3) is 0.600. The lowest BCUT2D eigenvalue weighted by Crippen LogP contribution is -2.28. The minimum absolute atomic E-state index is 0.711. The van der Waals surface area contributed by atoms with E-state index in [0.717, 1.165) is 5.92 Å². The lowest BCUT2D eigenvalue weighted by molar-refractivity contribution is 0.336. The van der Waals surface area contributed by atoms with Crippen molar-refractivity contribution in [3.05, 3.63) is 35.4 Å². The molecule has 1 heteroatoms. The summed E-state index contributed by atoms with van der Waals surface area (Å²) in [5, 5.41) is 3.44. The molecule has 1 aromatic carbocycles. The van der Waals surface area contributed by atoms with Gasteiger partial charge in [-0.25, -0.2) is 0 Å². The third-order valence-electron chi connectivity index (χ3n) is 3.76. The van der Waals surface area contributed by atoms with Gasteiger partial charge in [0, 0.05) is 0 Å². The lowest BCUT2D eigenvalue weighted by atomic mass is 9.85. The largest absolute Gasteiger partial charge is 0.317 e. The molecule has 1 fully saturated rings. The zero-order chi connectivity index (χ0) is 11.4. The van der Waals surface area contributed by atoms with Crippen LogP contribution in [0.1, 0.15) is 43.2 Å². The smallest absolute Gasteiger partial charge is 0.00463 e. The van der Waals surface area contributed by atoms with Crippen molar-refractivity contribution in [3.8, 4) is 0 Å². The predicted molar refractivity (Wildman–Crippen MR) is 69.8 cm³/mol. The first-order valence-electron chi connectivity index (χ1n) is 6.53. The molecule has 0 aromatic heterocycles. The fourth-order valence-electron chi connectivity index (χ4n) is 2.73. The topological polar surface area (TPSA) is 12.0 Å². The zero-order valence-electron chi connectivity index (χ0n) is 10.5. The molecular formula is C15H23N. The monoisotopic (exact) mass is 217 g/mol. The molecular weight excluding hydrogens is 194 g/mol. The Morgan fingerprint density at radius 1 is 1.31 bits per heavy atom. The zero-order valence-corrected chi connectivity index (χ0v) is 10.5. The van der Waals surface area contributed by atoms with Crippen LogP contribution < -0.4 is 5.32 Å². The average Bonchev–Trinajstić information content (AvgIpc) is 2.30. The van der Waals surface area contributed by atoms with Crippen LogP contribution in [0, 0.1) is 12.8 Å². The van der Waals surface area contributed by atoms with Gasteiger partial charge in [-0.1, -0.05) is 36.8 Å². The van der Waals surface area contributed by atoms with Crippen molar-refractivity contribution in [2.75, 3.05) is 13.1 Å². The van der Waals surface area contributed by atoms with Crippen LogP contribution in [0.15, 0.2) is 24.3 Å². The summed E-state index contributed by atoms with van der Waals surface area (Å²) >= 11 is 0. The predicted octanol–water partition coefficient (Wildman–Crippen LogP) is 3.49. The summed E-state index contributed by atoms with van der Waals surface area (Å²) in [5.74, 6) is 1.64. The number of rotatable bonds is 3. The summed E-state index contributed by atoms with van der Waals surface area (Å²) in [6.45, 7) is 6.98. The molecule has 16 heavy (non-hydrogen) atoms. The molecule has 0 aliphatic carbocycles. The van der Waals surface area contributed by atoms with Crippen LogP contribution in [-0.4, -0.2) is 13.1 Å². The van der Waals surface area contributed by atoms with Crippen molar-refractivity contribution in [2.45, 2.75) is 39.0 Å². The quantitative estimate of drug-likeness (QED) is 0.817. The standard InChI is InChI=1S/C15H23N/c1-12-4-3-5-15(10-12)13(2)11-14-6-8-16-9-7-14/h3-5,10,13-14,16H,6-9,11H2,1-2H3. The van der Waals surface area contributed by atoms with Crippen LogP contribution in [0.2, 0.25) is 0 Å². The van der Waals surface area contributed by atoms with Gasteiger partial charge in [-0.05, 0) is 56.7 Å². The van der Waals surface area contributed by atoms with E-state index in [2.05, 4.69) is 43.4 Å². The summed E-state index contributed by atoms with van der Waals surface area (Å²) in [5.41, 5.74) is 2.90. The number of benzene rings is 1. The SMILES string of the molecule is Cc1cccc(C(C)CC2CCNCC2)c1. The maximum absolute atomic E-state index is 3.44. The minimum atomic E-state index is 0.711. The van der Waals surface area contributed by atoms with E-state index in [1.807, 2.05) is 0 Å². The maximum Gasteiger partial charge on any atom is -0.00463 e. The first kappa shape index (κ1) is 11.7. The number of piperidine rings is 1. The number of hydrogen-bond acceptors (Lipinski definition) is 1. The highest BCUT2D eigenvalue weighted by Gasteiger charge is 2.16. The van der Waals surface area contributed by atoms with Crippen LogP contribution >= 0.6 is 0 Å². The van der Waals surface area contributed by atoms with Crippen LogP contribution in [0.5, 0.6) is 0 Å². The average molecular weight is 217 g/mol. The molecule has 0 bridgehead atoms. The highest BCUT2D eigenvalue weighted by Crippen LogP contribution is 2.28. The molecule has 1 N–H and O–H groups in total. The van der Waals surface area contributed by atoms with Gasteiger partial charge in [0.25, 0.3) is 0 Å². The van der Waals surface area contributed by atoms with Crippen molar-refractivity contribution in [1.29, 1.82) is 0 Å². The lowest BCUT2D eigenvalue weighted by Gasteiger charge is -2.25. The summed E-state index contributed by atoms with van der Waals surface area (Å²) < 4.78 is 0. The first-order chi connectivity index (χ1) is 7.75. The molecule has 0 radical (unpaired) electrons. The number of aryl methyl sites for hydroxylation is 1. The molecule has 0 spiro atoms. The van der Waals surface area contributed by atoms with Crippen LogP contribution in [-0.2, 0) is 0 Å². The summed E-state index contributed by atoms with van der Waals surface area (Å²) in [6.07, 6.45) is 4.07. The second-order valence-corrected chi connectivity index (χ2v) is 5.24. The molecule has 2 rings (SSSR count). The molecule has 0 amide bonds. The van der Waals surface area contributed by atoms with Gasteiger partial charge in [0.05, 0.1) is 0 Å². The molecule has 1 aromatic rings. The number of nitrogens with one attached hydrogen (secondary N) is 1. The van der Waals surface area contributed by atoms with Gasteiger partial charge in [-0.3, -0.25) is 0 Å². The van der Waals surface area contributed by atoms with Gasteiger partial charge >= 0.3 is 0 Å². The Labute approximate surface area is 99.3 Å².